The molecule has 6 heteroatoms. The molecule has 2 aromatic carbocycles. The predicted octanol–water partition coefficient (Wildman–Crippen LogP) is 2.68. The van der Waals surface area contributed by atoms with Crippen LogP contribution < -0.4 is 19.3 Å². The van der Waals surface area contributed by atoms with E-state index in [0.29, 0.717) is 46.0 Å². The van der Waals surface area contributed by atoms with Crippen molar-refractivity contribution in [2.45, 2.75) is 6.92 Å². The molecule has 0 fully saturated rings. The highest BCUT2D eigenvalue weighted by Crippen LogP contribution is 2.39. The molecule has 0 bridgehead atoms. The lowest BCUT2D eigenvalue weighted by atomic mass is 10.0. The Morgan fingerprint density at radius 2 is 1.77 bits per heavy atom. The lowest BCUT2D eigenvalue weighted by Gasteiger charge is -2.16. The Bertz CT molecular complexity index is 968. The van der Waals surface area contributed by atoms with E-state index in [1.807, 2.05) is 6.92 Å². The van der Waals surface area contributed by atoms with Crippen LogP contribution in [0, 0.1) is 0 Å². The summed E-state index contributed by atoms with van der Waals surface area (Å²) in [7, 11) is 3.06. The first-order valence-electron chi connectivity index (χ1n) is 8.10. The van der Waals surface area contributed by atoms with E-state index < -0.39 is 5.97 Å². The Kier molecular flexibility index (Phi) is 4.93. The minimum atomic E-state index is -1.28. The van der Waals surface area contributed by atoms with Crippen LogP contribution in [0.15, 0.2) is 42.5 Å². The highest BCUT2D eigenvalue weighted by Gasteiger charge is 2.17. The van der Waals surface area contributed by atoms with E-state index >= 15 is 0 Å². The number of hydrogen-bond acceptors (Lipinski definition) is 6. The SMILES string of the molecule is CCOc1c(OC)cccc1-c1cc(C(=O)[O-])c2cccc(OC)c2n1. The number of benzene rings is 2. The van der Waals surface area contributed by atoms with Crippen molar-refractivity contribution >= 4 is 16.9 Å². The van der Waals surface area contributed by atoms with Gasteiger partial charge >= 0.3 is 0 Å². The van der Waals surface area contributed by atoms with Gasteiger partial charge in [-0.15, -0.1) is 0 Å². The van der Waals surface area contributed by atoms with Crippen molar-refractivity contribution in [1.29, 1.82) is 0 Å². The number of fused-ring (bicyclic) bond motifs is 1. The number of methoxy groups -OCH3 is 2. The Balaban J connectivity index is 2.35. The third kappa shape index (κ3) is 3.01. The van der Waals surface area contributed by atoms with E-state index in [0.717, 1.165) is 0 Å². The van der Waals surface area contributed by atoms with Gasteiger partial charge in [0.25, 0.3) is 0 Å². The molecule has 0 radical (unpaired) electrons. The quantitative estimate of drug-likeness (QED) is 0.678. The van der Waals surface area contributed by atoms with Crippen LogP contribution in [0.25, 0.3) is 22.2 Å². The molecule has 6 nitrogen and oxygen atoms in total. The molecule has 0 aliphatic heterocycles. The van der Waals surface area contributed by atoms with Gasteiger partial charge in [0.15, 0.2) is 11.5 Å². The van der Waals surface area contributed by atoms with Gasteiger partial charge in [0, 0.05) is 16.5 Å². The molecule has 0 N–H and O–H groups in total. The number of carbonyl (C=O) groups excluding carboxylic acids is 1. The number of aromatic carboxylic acids is 1. The Morgan fingerprint density at radius 3 is 2.42 bits per heavy atom. The highest BCUT2D eigenvalue weighted by molar-refractivity contribution is 6.04. The molecular formula is C20H18NO5-. The summed E-state index contributed by atoms with van der Waals surface area (Å²) in [5, 5.41) is 12.1. The fourth-order valence-electron chi connectivity index (χ4n) is 2.87. The second-order valence-electron chi connectivity index (χ2n) is 5.47. The number of nitrogens with zero attached hydrogens (tertiary/aromatic N) is 1. The second-order valence-corrected chi connectivity index (χ2v) is 5.47. The normalized spacial score (nSPS) is 10.6. The molecule has 3 aromatic rings. The second kappa shape index (κ2) is 7.31. The first-order valence-corrected chi connectivity index (χ1v) is 8.10. The standard InChI is InChI=1S/C20H19NO5/c1-4-26-19-13(8-6-10-17(19)25-3)15-11-14(20(22)23)12-7-5-9-16(24-2)18(12)21-15/h5-11H,4H2,1-3H3,(H,22,23)/p-1. The van der Waals surface area contributed by atoms with Gasteiger partial charge in [0.05, 0.1) is 32.5 Å². The molecule has 134 valence electrons. The van der Waals surface area contributed by atoms with Crippen LogP contribution >= 0.6 is 0 Å². The Labute approximate surface area is 151 Å². The minimum absolute atomic E-state index is 0.0363. The smallest absolute Gasteiger partial charge is 0.170 e. The van der Waals surface area contributed by atoms with Crippen molar-refractivity contribution in [1.82, 2.24) is 4.98 Å². The molecule has 0 spiro atoms. The van der Waals surface area contributed by atoms with E-state index in [4.69, 9.17) is 14.2 Å². The highest BCUT2D eigenvalue weighted by atomic mass is 16.5. The van der Waals surface area contributed by atoms with Crippen molar-refractivity contribution in [3.05, 3.63) is 48.0 Å². The molecule has 0 aliphatic carbocycles. The van der Waals surface area contributed by atoms with Gasteiger partial charge in [-0.1, -0.05) is 18.2 Å². The lowest BCUT2D eigenvalue weighted by molar-refractivity contribution is -0.254. The number of pyridine rings is 1. The average Bonchev–Trinajstić information content (AvgIpc) is 2.66. The molecule has 1 aromatic heterocycles. The van der Waals surface area contributed by atoms with Gasteiger partial charge in [-0.05, 0) is 31.2 Å². The number of carbonyl (C=O) groups is 1. The van der Waals surface area contributed by atoms with Gasteiger partial charge in [-0.2, -0.15) is 0 Å². The molecule has 0 amide bonds. The van der Waals surface area contributed by atoms with E-state index in [9.17, 15) is 9.90 Å². The van der Waals surface area contributed by atoms with Crippen molar-refractivity contribution in [2.24, 2.45) is 0 Å². The summed E-state index contributed by atoms with van der Waals surface area (Å²) in [6, 6.07) is 12.0. The number of aromatic nitrogens is 1. The summed E-state index contributed by atoms with van der Waals surface area (Å²) in [4.78, 5) is 16.3. The summed E-state index contributed by atoms with van der Waals surface area (Å²) in [5.41, 5.74) is 1.54. The van der Waals surface area contributed by atoms with Gasteiger partial charge in [-0.25, -0.2) is 4.98 Å². The summed E-state index contributed by atoms with van der Waals surface area (Å²) in [5.74, 6) is 0.241. The maximum Gasteiger partial charge on any atom is 0.170 e. The Hall–Kier alpha value is -3.28. The third-order valence-corrected chi connectivity index (χ3v) is 4.01. The predicted molar refractivity (Wildman–Crippen MR) is 95.8 cm³/mol. The topological polar surface area (TPSA) is 80.7 Å². The fraction of sp³-hybridized carbons (Fsp3) is 0.200. The van der Waals surface area contributed by atoms with Crippen LogP contribution in [0.4, 0.5) is 0 Å². The maximum absolute atomic E-state index is 11.7. The van der Waals surface area contributed by atoms with E-state index in [2.05, 4.69) is 4.98 Å². The number of para-hydroxylation sites is 2. The molecule has 0 atom stereocenters. The largest absolute Gasteiger partial charge is 0.545 e. The number of carboxylic acid groups (broad SMARTS) is 1. The summed E-state index contributed by atoms with van der Waals surface area (Å²) < 4.78 is 16.4. The fourth-order valence-corrected chi connectivity index (χ4v) is 2.87. The van der Waals surface area contributed by atoms with Gasteiger partial charge in [0.2, 0.25) is 0 Å². The zero-order chi connectivity index (χ0) is 18.7. The molecule has 3 rings (SSSR count). The Morgan fingerprint density at radius 1 is 1.08 bits per heavy atom. The van der Waals surface area contributed by atoms with E-state index in [1.165, 1.54) is 13.2 Å². The zero-order valence-corrected chi connectivity index (χ0v) is 14.7. The van der Waals surface area contributed by atoms with Crippen molar-refractivity contribution in [3.63, 3.8) is 0 Å². The molecule has 0 aliphatic rings. The first-order chi connectivity index (χ1) is 12.6. The van der Waals surface area contributed by atoms with Crippen LogP contribution in [0.1, 0.15) is 17.3 Å². The van der Waals surface area contributed by atoms with E-state index in [1.54, 1.807) is 43.5 Å². The first kappa shape index (κ1) is 17.5. The lowest BCUT2D eigenvalue weighted by Crippen LogP contribution is -2.22. The monoisotopic (exact) mass is 352 g/mol. The van der Waals surface area contributed by atoms with Gasteiger partial charge in [-0.3, -0.25) is 0 Å². The molecule has 0 unspecified atom stereocenters. The van der Waals surface area contributed by atoms with E-state index in [-0.39, 0.29) is 5.56 Å². The summed E-state index contributed by atoms with van der Waals surface area (Å²) in [6.07, 6.45) is 0. The van der Waals surface area contributed by atoms with Crippen LogP contribution in [0.2, 0.25) is 0 Å². The van der Waals surface area contributed by atoms with Crippen molar-refractivity contribution in [3.8, 4) is 28.5 Å². The molecule has 26 heavy (non-hydrogen) atoms. The van der Waals surface area contributed by atoms with Crippen molar-refractivity contribution < 1.29 is 24.1 Å². The molecule has 1 heterocycles. The van der Waals surface area contributed by atoms with Crippen LogP contribution in [-0.2, 0) is 0 Å². The van der Waals surface area contributed by atoms with Crippen LogP contribution in [-0.4, -0.2) is 31.8 Å². The van der Waals surface area contributed by atoms with Gasteiger partial charge < -0.3 is 24.1 Å². The molecule has 0 saturated carbocycles. The van der Waals surface area contributed by atoms with Gasteiger partial charge in [0.1, 0.15) is 11.3 Å². The number of hydrogen-bond donors (Lipinski definition) is 0. The minimum Gasteiger partial charge on any atom is -0.545 e. The van der Waals surface area contributed by atoms with Crippen molar-refractivity contribution in [2.75, 3.05) is 20.8 Å². The van der Waals surface area contributed by atoms with Crippen LogP contribution in [0.3, 0.4) is 0 Å². The number of ether oxygens (including phenoxy) is 3. The van der Waals surface area contributed by atoms with Crippen LogP contribution in [0.5, 0.6) is 17.2 Å². The number of rotatable bonds is 6. The molecule has 0 saturated heterocycles. The maximum atomic E-state index is 11.7. The summed E-state index contributed by atoms with van der Waals surface area (Å²) in [6.45, 7) is 2.29. The average molecular weight is 352 g/mol. The third-order valence-electron chi connectivity index (χ3n) is 4.01. The molecular weight excluding hydrogens is 334 g/mol. The number of carboxylic acids is 1. The zero-order valence-electron chi connectivity index (χ0n) is 14.7. The summed E-state index contributed by atoms with van der Waals surface area (Å²) >= 11 is 0.